The molecule has 0 atom stereocenters. The van der Waals surface area contributed by atoms with Gasteiger partial charge in [0.1, 0.15) is 0 Å². The van der Waals surface area contributed by atoms with E-state index in [1.54, 1.807) is 0 Å². The maximum atomic E-state index is 6.06. The first-order chi connectivity index (χ1) is 40.7. The van der Waals surface area contributed by atoms with E-state index in [9.17, 15) is 0 Å². The van der Waals surface area contributed by atoms with Crippen molar-refractivity contribution in [2.75, 3.05) is 102 Å². The fourth-order valence-corrected chi connectivity index (χ4v) is 22.0. The van der Waals surface area contributed by atoms with E-state index in [0.29, 0.717) is 79.3 Å². The molecule has 4 heterocycles. The maximum Gasteiger partial charge on any atom is 0.0701 e. The Bertz CT molecular complexity index is 3810. The molecule has 4 aliphatic heterocycles. The van der Waals surface area contributed by atoms with E-state index in [1.807, 2.05) is 94.1 Å². The van der Waals surface area contributed by atoms with Gasteiger partial charge < -0.3 is 28.4 Å². The highest BCUT2D eigenvalue weighted by atomic mass is 32.3. The number of benzene rings is 9. The molecule has 9 aromatic rings. The lowest BCUT2D eigenvalue weighted by Crippen LogP contribution is -2.17. The molecule has 4 aliphatic rings. The summed E-state index contributed by atoms with van der Waals surface area (Å²) in [6.45, 7) is 7.16. The summed E-state index contributed by atoms with van der Waals surface area (Å²) >= 11 is 15.1. The van der Waals surface area contributed by atoms with Gasteiger partial charge in [0, 0.05) is 55.7 Å². The zero-order valence-corrected chi connectivity index (χ0v) is 51.4. The van der Waals surface area contributed by atoms with Gasteiger partial charge in [0.15, 0.2) is 0 Å². The normalized spacial score (nSPS) is 17.9. The highest BCUT2D eigenvalue weighted by Crippen LogP contribution is 2.59. The molecule has 0 radical (unpaired) electrons. The second-order valence-corrected chi connectivity index (χ2v) is 29.4. The van der Waals surface area contributed by atoms with Gasteiger partial charge >= 0.3 is 0 Å². The quantitative estimate of drug-likeness (QED) is 0.107. The topological polar surface area (TPSA) is 55.4 Å². The van der Waals surface area contributed by atoms with Crippen LogP contribution in [0.4, 0.5) is 0 Å². The van der Waals surface area contributed by atoms with Crippen molar-refractivity contribution in [3.63, 3.8) is 0 Å². The van der Waals surface area contributed by atoms with E-state index < -0.39 is 0 Å². The first-order valence-corrected chi connectivity index (χ1v) is 34.7. The van der Waals surface area contributed by atoms with Crippen LogP contribution < -0.4 is 10.4 Å². The van der Waals surface area contributed by atoms with Gasteiger partial charge in [-0.05, 0) is 101 Å². The first-order valence-electron chi connectivity index (χ1n) is 27.5. The number of fused-ring (bicyclic) bond motifs is 6. The molecule has 14 heteroatoms. The first kappa shape index (κ1) is 56.6. The summed E-state index contributed by atoms with van der Waals surface area (Å²) in [5.41, 5.74) is 4.02. The van der Waals surface area contributed by atoms with Crippen molar-refractivity contribution in [3.8, 4) is 23.7 Å². The van der Waals surface area contributed by atoms with Crippen LogP contribution in [0.15, 0.2) is 163 Å². The molecule has 6 nitrogen and oxygen atoms in total. The van der Waals surface area contributed by atoms with Gasteiger partial charge in [-0.25, -0.2) is 0 Å². The molecule has 0 aliphatic carbocycles. The third-order valence-corrected chi connectivity index (χ3v) is 25.0. The number of hydrogen-bond donors (Lipinski definition) is 0. The summed E-state index contributed by atoms with van der Waals surface area (Å²) in [4.78, 5) is 0. The summed E-state index contributed by atoms with van der Waals surface area (Å²) in [7, 11) is 0. The number of hydrogen-bond acceptors (Lipinski definition) is 14. The molecule has 0 fully saturated rings. The van der Waals surface area contributed by atoms with Crippen LogP contribution in [0.3, 0.4) is 0 Å². The molecule has 82 heavy (non-hydrogen) atoms. The SMILES string of the molecule is C(#Cc1c2ccccc2cc2ccccc12)c1ccc2c(=C3SC4=C(SCCOCCOCCOCCS4)S3)c3cc(C#Cc4c5ccccc5cc5ccccc45)ccc3c(=C3SC4=C(SCCOCCOCCOCCS4)S3)c2c1. The third-order valence-electron chi connectivity index (χ3n) is 14.1. The highest BCUT2D eigenvalue weighted by molar-refractivity contribution is 8.46. The maximum absolute atomic E-state index is 6.06. The number of ether oxygens (including phenoxy) is 6. The van der Waals surface area contributed by atoms with Crippen LogP contribution in [-0.4, -0.2) is 102 Å². The van der Waals surface area contributed by atoms with Gasteiger partial charge in [0.05, 0.1) is 105 Å². The van der Waals surface area contributed by atoms with Crippen LogP contribution in [0.25, 0.3) is 73.1 Å². The minimum Gasteiger partial charge on any atom is -0.378 e. The summed E-state index contributed by atoms with van der Waals surface area (Å²) in [5.74, 6) is 18.4. The minimum absolute atomic E-state index is 0.570. The van der Waals surface area contributed by atoms with Crippen molar-refractivity contribution in [2.45, 2.75) is 0 Å². The van der Waals surface area contributed by atoms with Gasteiger partial charge in [-0.1, -0.05) is 180 Å². The van der Waals surface area contributed by atoms with E-state index >= 15 is 0 Å². The number of thioether (sulfide) groups is 8. The lowest BCUT2D eigenvalue weighted by molar-refractivity contribution is 0.0205. The van der Waals surface area contributed by atoms with Crippen molar-refractivity contribution in [2.24, 2.45) is 0 Å². The van der Waals surface area contributed by atoms with Crippen LogP contribution in [0.5, 0.6) is 0 Å². The molecule has 0 unspecified atom stereocenters. The van der Waals surface area contributed by atoms with Gasteiger partial charge in [0.25, 0.3) is 0 Å². The predicted octanol–water partition coefficient (Wildman–Crippen LogP) is 15.8. The van der Waals surface area contributed by atoms with Gasteiger partial charge in [0.2, 0.25) is 0 Å². The van der Waals surface area contributed by atoms with Gasteiger partial charge in [-0.2, -0.15) is 0 Å². The van der Waals surface area contributed by atoms with E-state index in [0.717, 1.165) is 66.8 Å². The molecule has 0 bridgehead atoms. The van der Waals surface area contributed by atoms with Crippen molar-refractivity contribution >= 4 is 167 Å². The Morgan fingerprint density at radius 2 is 0.549 bits per heavy atom. The van der Waals surface area contributed by atoms with Crippen molar-refractivity contribution in [3.05, 3.63) is 195 Å². The Balaban J connectivity index is 1.03. The molecule has 0 spiro atoms. The monoisotopic (exact) mass is 1220 g/mol. The van der Waals surface area contributed by atoms with Crippen LogP contribution >= 0.6 is 94.1 Å². The predicted molar refractivity (Wildman–Crippen MR) is 362 cm³/mol. The molecule has 412 valence electrons. The van der Waals surface area contributed by atoms with E-state index in [2.05, 4.69) is 169 Å². The van der Waals surface area contributed by atoms with Crippen LogP contribution in [0.1, 0.15) is 22.3 Å². The fourth-order valence-electron chi connectivity index (χ4n) is 10.3. The van der Waals surface area contributed by atoms with Crippen molar-refractivity contribution in [1.82, 2.24) is 0 Å². The lowest BCUT2D eigenvalue weighted by Gasteiger charge is -2.13. The second kappa shape index (κ2) is 27.6. The summed E-state index contributed by atoms with van der Waals surface area (Å²) < 4.78 is 43.5. The van der Waals surface area contributed by atoms with Crippen LogP contribution in [0, 0.1) is 23.7 Å². The zero-order chi connectivity index (χ0) is 54.9. The molecule has 0 N–H and O–H groups in total. The standard InChI is InChI=1S/C68H56O6S8/c1-5-13-51-47(9-1)43-48-10-2-6-14-52(48)55(51)21-17-45-19-23-57-59(41-45)61(63-79-65-66(80-63)76-38-34-72-30-26-69-25-29-71-33-37-75-65)58-24-20-46(18-22-56-53-15-7-3-11-49(53)44-50-12-4-8-16-54(50)56)42-60(58)62(57)64-81-67-68(82-64)78-40-36-74-32-28-70-27-31-73-35-39-77-67/h1-16,19-20,23-24,41-44H,25-40H2. The molecular weight excluding hydrogens is 1170 g/mol. The number of rotatable bonds is 0. The average Bonchev–Trinajstić information content (AvgIpc) is 4.10. The smallest absolute Gasteiger partial charge is 0.0701 e. The summed E-state index contributed by atoms with van der Waals surface area (Å²) in [5, 5.41) is 16.6. The molecule has 13 rings (SSSR count). The van der Waals surface area contributed by atoms with Crippen molar-refractivity contribution < 1.29 is 28.4 Å². The molecule has 9 aromatic carbocycles. The minimum atomic E-state index is 0.570. The zero-order valence-electron chi connectivity index (χ0n) is 44.9. The molecule has 0 saturated carbocycles. The third kappa shape index (κ3) is 13.0. The molecule has 0 saturated heterocycles. The summed E-state index contributed by atoms with van der Waals surface area (Å²) in [6.07, 6.45) is 0. The second-order valence-electron chi connectivity index (χ2n) is 19.4. The van der Waals surface area contributed by atoms with Gasteiger partial charge in [-0.3, -0.25) is 0 Å². The lowest BCUT2D eigenvalue weighted by atomic mass is 9.95. The fraction of sp³-hybridized carbons (Fsp3) is 0.235. The molecule has 0 aromatic heterocycles. The van der Waals surface area contributed by atoms with Crippen LogP contribution in [-0.2, 0) is 28.4 Å². The van der Waals surface area contributed by atoms with Crippen LogP contribution in [0.2, 0.25) is 0 Å². The van der Waals surface area contributed by atoms with E-state index in [1.165, 1.54) is 79.0 Å². The highest BCUT2D eigenvalue weighted by Gasteiger charge is 2.28. The van der Waals surface area contributed by atoms with E-state index in [4.69, 9.17) is 28.4 Å². The largest absolute Gasteiger partial charge is 0.378 e. The van der Waals surface area contributed by atoms with Gasteiger partial charge in [-0.15, -0.1) is 47.0 Å². The molecular formula is C68H56O6S8. The Labute approximate surface area is 512 Å². The average molecular weight is 1230 g/mol. The Hall–Kier alpha value is -4.56. The Morgan fingerprint density at radius 3 is 0.866 bits per heavy atom. The van der Waals surface area contributed by atoms with E-state index in [-0.39, 0.29) is 0 Å². The summed E-state index contributed by atoms with van der Waals surface area (Å²) in [6, 6.07) is 52.9. The Kier molecular flexibility index (Phi) is 19.1. The van der Waals surface area contributed by atoms with Crippen molar-refractivity contribution in [1.29, 1.82) is 0 Å². The molecule has 0 amide bonds. The Morgan fingerprint density at radius 1 is 0.256 bits per heavy atom.